The molecule has 102 valence electrons. The Kier molecular flexibility index (Phi) is 6.33. The molecule has 5 heteroatoms. The van der Waals surface area contributed by atoms with E-state index in [-0.39, 0.29) is 5.57 Å². The van der Waals surface area contributed by atoms with Crippen molar-refractivity contribution in [3.05, 3.63) is 24.8 Å². The molecule has 1 unspecified atom stereocenters. The molecule has 0 aromatic carbocycles. The van der Waals surface area contributed by atoms with Gasteiger partial charge in [-0.2, -0.15) is 0 Å². The molecule has 0 N–H and O–H groups in total. The summed E-state index contributed by atoms with van der Waals surface area (Å²) in [4.78, 5) is 24.6. The second-order valence-corrected chi connectivity index (χ2v) is 3.87. The van der Waals surface area contributed by atoms with Crippen LogP contribution in [0, 0.1) is 0 Å². The average molecular weight is 255 g/mol. The van der Waals surface area contributed by atoms with Crippen molar-refractivity contribution in [3.8, 4) is 0 Å². The molecule has 0 aliphatic rings. The fourth-order valence-electron chi connectivity index (χ4n) is 1.44. The molecule has 18 heavy (non-hydrogen) atoms. The zero-order chi connectivity index (χ0) is 14.3. The van der Waals surface area contributed by atoms with Gasteiger partial charge in [-0.15, -0.1) is 0 Å². The van der Waals surface area contributed by atoms with Gasteiger partial charge in [0.25, 0.3) is 0 Å². The Balaban J connectivity index is 5.12. The normalized spacial score (nSPS) is 13.6. The fourth-order valence-corrected chi connectivity index (χ4v) is 1.44. The van der Waals surface area contributed by atoms with Gasteiger partial charge in [-0.1, -0.05) is 27.0 Å². The summed E-state index contributed by atoms with van der Waals surface area (Å²) in [5.41, 5.74) is 0.239. The summed E-state index contributed by atoms with van der Waals surface area (Å²) in [5, 5.41) is 0. The second kappa shape index (κ2) is 6.96. The van der Waals surface area contributed by atoms with Gasteiger partial charge in [0.2, 0.25) is 0 Å². The summed E-state index contributed by atoms with van der Waals surface area (Å²) in [5.74, 6) is -2.72. The molecule has 0 heterocycles. The number of ether oxygens (including phenoxy) is 2. The number of carbonyl (C=O) groups is 2. The van der Waals surface area contributed by atoms with E-state index in [1.807, 2.05) is 13.8 Å². The number of hydrogen-bond donors (Lipinski definition) is 0. The van der Waals surface area contributed by atoms with Gasteiger partial charge in [0.15, 0.2) is 0 Å². The van der Waals surface area contributed by atoms with Gasteiger partial charge < -0.3 is 9.47 Å². The Morgan fingerprint density at radius 1 is 1.28 bits per heavy atom. The van der Waals surface area contributed by atoms with Crippen molar-refractivity contribution in [2.75, 3.05) is 13.1 Å². The van der Waals surface area contributed by atoms with E-state index in [0.717, 1.165) is 6.08 Å². The molecule has 1 atom stereocenters. The van der Waals surface area contributed by atoms with E-state index in [0.29, 0.717) is 13.1 Å². The molecule has 0 aromatic rings. The van der Waals surface area contributed by atoms with Crippen molar-refractivity contribution in [2.24, 2.45) is 0 Å². The molecule has 5 nitrogen and oxygen atoms in total. The quantitative estimate of drug-likeness (QED) is 0.395. The minimum Gasteiger partial charge on any atom is -0.405 e. The van der Waals surface area contributed by atoms with Crippen molar-refractivity contribution in [1.29, 1.82) is 0 Å². The third kappa shape index (κ3) is 4.33. The first-order valence-corrected chi connectivity index (χ1v) is 5.80. The topological polar surface area (TPSA) is 55.8 Å². The number of hydrogen-bond acceptors (Lipinski definition) is 5. The highest BCUT2D eigenvalue weighted by Crippen LogP contribution is 2.20. The van der Waals surface area contributed by atoms with Crippen LogP contribution in [0.25, 0.3) is 0 Å². The molecule has 0 spiro atoms. The van der Waals surface area contributed by atoms with E-state index in [1.165, 1.54) is 13.8 Å². The molecule has 0 saturated carbocycles. The summed E-state index contributed by atoms with van der Waals surface area (Å²) < 4.78 is 10.3. The molecule has 0 fully saturated rings. The summed E-state index contributed by atoms with van der Waals surface area (Å²) in [7, 11) is 0. The average Bonchev–Trinajstić information content (AvgIpc) is 2.29. The van der Waals surface area contributed by atoms with E-state index in [2.05, 4.69) is 13.2 Å². The monoisotopic (exact) mass is 255 g/mol. The maximum Gasteiger partial charge on any atom is 0.337 e. The molecule has 0 aliphatic heterocycles. The van der Waals surface area contributed by atoms with Crippen LogP contribution in [0.4, 0.5) is 0 Å². The Hall–Kier alpha value is -1.62. The molecule has 0 aromatic heterocycles. The second-order valence-electron chi connectivity index (χ2n) is 3.87. The molecule has 0 saturated heterocycles. The molecule has 0 radical (unpaired) electrons. The lowest BCUT2D eigenvalue weighted by Crippen LogP contribution is -2.52. The van der Waals surface area contributed by atoms with Crippen molar-refractivity contribution in [2.45, 2.75) is 33.6 Å². The Labute approximate surface area is 108 Å². The van der Waals surface area contributed by atoms with Gasteiger partial charge in [0, 0.05) is 31.7 Å². The van der Waals surface area contributed by atoms with Crippen molar-refractivity contribution < 1.29 is 19.1 Å². The highest BCUT2D eigenvalue weighted by Gasteiger charge is 2.38. The third-order valence-corrected chi connectivity index (χ3v) is 2.43. The molecule has 0 bridgehead atoms. The van der Waals surface area contributed by atoms with E-state index < -0.39 is 17.8 Å². The highest BCUT2D eigenvalue weighted by molar-refractivity contribution is 5.87. The number of carbonyl (C=O) groups excluding carboxylic acids is 2. The van der Waals surface area contributed by atoms with Crippen molar-refractivity contribution >= 4 is 11.9 Å². The first-order valence-electron chi connectivity index (χ1n) is 5.80. The van der Waals surface area contributed by atoms with Gasteiger partial charge in [0.05, 0.1) is 0 Å². The highest BCUT2D eigenvalue weighted by atomic mass is 16.8. The van der Waals surface area contributed by atoms with Crippen molar-refractivity contribution in [3.63, 3.8) is 0 Å². The lowest BCUT2D eigenvalue weighted by atomic mass is 10.3. The standard InChI is InChI=1S/C13H21NO4/c1-7-11(15)17-13(6,14(8-2)9-3)18-12(16)10(4)5/h7H,1,4,8-9H2,2-3,5-6H3. The van der Waals surface area contributed by atoms with Crippen LogP contribution in [0.5, 0.6) is 0 Å². The van der Waals surface area contributed by atoms with Crippen LogP contribution in [0.3, 0.4) is 0 Å². The van der Waals surface area contributed by atoms with Crippen LogP contribution in [0.15, 0.2) is 24.8 Å². The summed E-state index contributed by atoms with van der Waals surface area (Å²) in [6, 6.07) is 0. The van der Waals surface area contributed by atoms with Crippen LogP contribution in [0.2, 0.25) is 0 Å². The van der Waals surface area contributed by atoms with E-state index >= 15 is 0 Å². The summed E-state index contributed by atoms with van der Waals surface area (Å²) in [6.45, 7) is 14.7. The van der Waals surface area contributed by atoms with E-state index in [4.69, 9.17) is 9.47 Å². The van der Waals surface area contributed by atoms with Gasteiger partial charge in [-0.05, 0) is 6.92 Å². The van der Waals surface area contributed by atoms with Crippen LogP contribution in [-0.2, 0) is 19.1 Å². The first-order chi connectivity index (χ1) is 8.30. The number of nitrogens with zero attached hydrogens (tertiary/aromatic N) is 1. The largest absolute Gasteiger partial charge is 0.405 e. The first kappa shape index (κ1) is 16.4. The van der Waals surface area contributed by atoms with E-state index in [1.54, 1.807) is 4.90 Å². The predicted molar refractivity (Wildman–Crippen MR) is 68.5 cm³/mol. The smallest absolute Gasteiger partial charge is 0.337 e. The minimum absolute atomic E-state index is 0.239. The van der Waals surface area contributed by atoms with Crippen LogP contribution >= 0.6 is 0 Å². The molecule has 0 rings (SSSR count). The Morgan fingerprint density at radius 3 is 2.11 bits per heavy atom. The van der Waals surface area contributed by atoms with E-state index in [9.17, 15) is 9.59 Å². The predicted octanol–water partition coefficient (Wildman–Crippen LogP) is 1.85. The maximum absolute atomic E-state index is 11.6. The van der Waals surface area contributed by atoms with Gasteiger partial charge in [-0.3, -0.25) is 0 Å². The van der Waals surface area contributed by atoms with Gasteiger partial charge in [0.1, 0.15) is 0 Å². The van der Waals surface area contributed by atoms with Gasteiger partial charge >= 0.3 is 17.8 Å². The SMILES string of the molecule is C=CC(=O)OC(C)(OC(=O)C(=C)C)N(CC)CC. The fraction of sp³-hybridized carbons (Fsp3) is 0.538. The molecule has 0 amide bonds. The zero-order valence-electron chi connectivity index (χ0n) is 11.5. The van der Waals surface area contributed by atoms with Crippen LogP contribution in [-0.4, -0.2) is 35.8 Å². The minimum atomic E-state index is -1.45. The lowest BCUT2D eigenvalue weighted by molar-refractivity contribution is -0.273. The molecular weight excluding hydrogens is 234 g/mol. The zero-order valence-corrected chi connectivity index (χ0v) is 11.5. The maximum atomic E-state index is 11.6. The van der Waals surface area contributed by atoms with Crippen LogP contribution < -0.4 is 0 Å². The van der Waals surface area contributed by atoms with Gasteiger partial charge in [-0.25, -0.2) is 14.5 Å². The Morgan fingerprint density at radius 2 is 1.78 bits per heavy atom. The Bertz CT molecular complexity index is 347. The number of esters is 2. The summed E-state index contributed by atoms with van der Waals surface area (Å²) >= 11 is 0. The third-order valence-electron chi connectivity index (χ3n) is 2.43. The van der Waals surface area contributed by atoms with Crippen molar-refractivity contribution in [1.82, 2.24) is 4.90 Å². The number of rotatable bonds is 7. The summed E-state index contributed by atoms with van der Waals surface area (Å²) in [6.07, 6.45) is 1.02. The lowest BCUT2D eigenvalue weighted by Gasteiger charge is -2.37. The molecular formula is C13H21NO4. The molecule has 0 aliphatic carbocycles. The van der Waals surface area contributed by atoms with Crippen LogP contribution in [0.1, 0.15) is 27.7 Å².